The van der Waals surface area contributed by atoms with Crippen molar-refractivity contribution in [2.75, 3.05) is 6.54 Å². The van der Waals surface area contributed by atoms with Crippen molar-refractivity contribution >= 4 is 0 Å². The normalized spacial score (nSPS) is 75.6. The van der Waals surface area contributed by atoms with Gasteiger partial charge in [0.25, 0.3) is 0 Å². The largest absolute Gasteiger partial charge is 0.392 e. The monoisotopic (exact) mass is 313 g/mol. The molecule has 3 nitrogen and oxygen atoms in total. The van der Waals surface area contributed by atoms with E-state index in [4.69, 9.17) is 0 Å². The highest BCUT2D eigenvalue weighted by molar-refractivity contribution is 5.43. The van der Waals surface area contributed by atoms with E-state index in [1.165, 1.54) is 32.2 Å². The molecular formula is C20H27NO2. The fourth-order valence-electron chi connectivity index (χ4n) is 10.3. The Morgan fingerprint density at radius 1 is 1.26 bits per heavy atom. The third-order valence-electron chi connectivity index (χ3n) is 10.4. The van der Waals surface area contributed by atoms with E-state index in [9.17, 15) is 10.2 Å². The second-order valence-corrected chi connectivity index (χ2v) is 10.5. The Balaban J connectivity index is 1.54. The predicted octanol–water partition coefficient (Wildman–Crippen LogP) is 1.79. The zero-order chi connectivity index (χ0) is 15.5. The van der Waals surface area contributed by atoms with Crippen molar-refractivity contribution in [3.63, 3.8) is 0 Å². The standard InChI is InChI=1S/C20H27NO2/c1-9-10-5-11-16-20-13(6-10)19(11,17(9)23)7-12-15(20)18(2,8-21(12)16)4-3-14(20)22/h10-17,22-23H,1,3-8H2,2H3/t10?,11-,12-,13?,14?,15?,16-,17+,18?,19-,20?/m1/s1. The summed E-state index contributed by atoms with van der Waals surface area (Å²) in [5.41, 5.74) is 1.72. The van der Waals surface area contributed by atoms with Gasteiger partial charge >= 0.3 is 0 Å². The lowest BCUT2D eigenvalue weighted by atomic mass is 9.40. The van der Waals surface area contributed by atoms with Crippen molar-refractivity contribution in [2.24, 2.45) is 39.9 Å². The molecule has 0 aromatic rings. The number of aliphatic hydroxyl groups is 2. The summed E-state index contributed by atoms with van der Waals surface area (Å²) in [6.45, 7) is 8.05. The number of fused-ring (bicyclic) bond motifs is 1. The summed E-state index contributed by atoms with van der Waals surface area (Å²) in [5, 5.41) is 22.6. The Morgan fingerprint density at radius 2 is 2.09 bits per heavy atom. The number of hydrogen-bond acceptors (Lipinski definition) is 3. The summed E-state index contributed by atoms with van der Waals surface area (Å²) in [7, 11) is 0. The van der Waals surface area contributed by atoms with Gasteiger partial charge in [-0.2, -0.15) is 0 Å². The van der Waals surface area contributed by atoms with Gasteiger partial charge in [0.2, 0.25) is 0 Å². The summed E-state index contributed by atoms with van der Waals surface area (Å²) in [6.07, 6.45) is 5.38. The average Bonchev–Trinajstić information content (AvgIpc) is 2.94. The first-order valence-corrected chi connectivity index (χ1v) is 9.77. The quantitative estimate of drug-likeness (QED) is 0.670. The molecule has 124 valence electrons. The molecule has 12 atom stereocenters. The van der Waals surface area contributed by atoms with Crippen molar-refractivity contribution in [3.8, 4) is 0 Å². The molecule has 9 aliphatic rings. The summed E-state index contributed by atoms with van der Waals surface area (Å²) >= 11 is 0. The van der Waals surface area contributed by atoms with Crippen LogP contribution in [0, 0.1) is 39.9 Å². The molecule has 9 bridgehead atoms. The van der Waals surface area contributed by atoms with Gasteiger partial charge in [0.15, 0.2) is 0 Å². The maximum Gasteiger partial charge on any atom is 0.0813 e. The van der Waals surface area contributed by atoms with Gasteiger partial charge in [-0.25, -0.2) is 0 Å². The highest BCUT2D eigenvalue weighted by atomic mass is 16.3. The van der Waals surface area contributed by atoms with Gasteiger partial charge in [-0.3, -0.25) is 4.90 Å². The molecule has 3 heterocycles. The zero-order valence-corrected chi connectivity index (χ0v) is 13.9. The molecule has 9 rings (SSSR count). The Labute approximate surface area is 137 Å². The van der Waals surface area contributed by atoms with E-state index in [2.05, 4.69) is 18.4 Å². The van der Waals surface area contributed by atoms with Gasteiger partial charge < -0.3 is 10.2 Å². The van der Waals surface area contributed by atoms with Crippen LogP contribution in [-0.4, -0.2) is 45.9 Å². The second kappa shape index (κ2) is 3.20. The highest BCUT2D eigenvalue weighted by Crippen LogP contribution is 2.86. The lowest BCUT2D eigenvalue weighted by molar-refractivity contribution is -0.194. The van der Waals surface area contributed by atoms with Crippen LogP contribution in [0.2, 0.25) is 0 Å². The molecule has 23 heavy (non-hydrogen) atoms. The summed E-state index contributed by atoms with van der Waals surface area (Å²) in [5.74, 6) is 2.36. The first-order valence-electron chi connectivity index (χ1n) is 9.77. The number of rotatable bonds is 0. The van der Waals surface area contributed by atoms with E-state index >= 15 is 0 Å². The first kappa shape index (κ1) is 12.9. The molecule has 7 unspecified atom stereocenters. The van der Waals surface area contributed by atoms with Gasteiger partial charge in [-0.05, 0) is 66.8 Å². The topological polar surface area (TPSA) is 43.7 Å². The van der Waals surface area contributed by atoms with Crippen molar-refractivity contribution < 1.29 is 10.2 Å². The SMILES string of the molecule is C=C1C2CC3C45C(O)CCC6(C)CN7[C@H](C[C@]3([C@H](C2)[C@@H]74)[C@H]1O)C65. The first-order chi connectivity index (χ1) is 11.0. The minimum absolute atomic E-state index is 0.0672. The molecule has 6 aliphatic carbocycles. The van der Waals surface area contributed by atoms with E-state index in [1.54, 1.807) is 0 Å². The fraction of sp³-hybridized carbons (Fsp3) is 0.900. The number of nitrogens with zero attached hydrogens (tertiary/aromatic N) is 1. The number of piperidine rings is 2. The van der Waals surface area contributed by atoms with Crippen LogP contribution in [0.4, 0.5) is 0 Å². The van der Waals surface area contributed by atoms with Gasteiger partial charge in [0.05, 0.1) is 12.2 Å². The summed E-state index contributed by atoms with van der Waals surface area (Å²) < 4.78 is 0. The number of hydrogen-bond donors (Lipinski definition) is 2. The Hall–Kier alpha value is -0.380. The molecule has 0 radical (unpaired) electrons. The van der Waals surface area contributed by atoms with E-state index in [-0.39, 0.29) is 23.0 Å². The lowest BCUT2D eigenvalue weighted by Crippen LogP contribution is -2.65. The second-order valence-electron chi connectivity index (χ2n) is 10.5. The van der Waals surface area contributed by atoms with Crippen molar-refractivity contribution in [1.29, 1.82) is 0 Å². The van der Waals surface area contributed by atoms with Crippen LogP contribution in [0.1, 0.15) is 39.0 Å². The molecule has 3 saturated heterocycles. The molecular weight excluding hydrogens is 286 g/mol. The van der Waals surface area contributed by atoms with Crippen molar-refractivity contribution in [3.05, 3.63) is 12.2 Å². The maximum atomic E-state index is 11.3. The highest BCUT2D eigenvalue weighted by Gasteiger charge is 2.89. The van der Waals surface area contributed by atoms with Crippen LogP contribution < -0.4 is 0 Å². The molecule has 0 aromatic heterocycles. The molecule has 2 spiro atoms. The lowest BCUT2D eigenvalue weighted by Gasteiger charge is -2.65. The van der Waals surface area contributed by atoms with Crippen LogP contribution in [0.15, 0.2) is 12.2 Å². The van der Waals surface area contributed by atoms with Gasteiger partial charge in [-0.1, -0.05) is 13.5 Å². The van der Waals surface area contributed by atoms with E-state index in [0.717, 1.165) is 12.0 Å². The molecule has 9 fully saturated rings. The summed E-state index contributed by atoms with van der Waals surface area (Å²) in [4.78, 5) is 2.83. The third kappa shape index (κ3) is 0.910. The van der Waals surface area contributed by atoms with Crippen LogP contribution in [0.25, 0.3) is 0 Å². The minimum Gasteiger partial charge on any atom is -0.392 e. The Morgan fingerprint density at radius 3 is 2.91 bits per heavy atom. The molecule has 6 saturated carbocycles. The van der Waals surface area contributed by atoms with E-state index < -0.39 is 0 Å². The van der Waals surface area contributed by atoms with Gasteiger partial charge in [0.1, 0.15) is 0 Å². The predicted molar refractivity (Wildman–Crippen MR) is 85.5 cm³/mol. The fourth-order valence-corrected chi connectivity index (χ4v) is 10.3. The molecule has 2 N–H and O–H groups in total. The summed E-state index contributed by atoms with van der Waals surface area (Å²) in [6, 6.07) is 1.19. The van der Waals surface area contributed by atoms with E-state index in [0.29, 0.717) is 41.2 Å². The smallest absolute Gasteiger partial charge is 0.0813 e. The third-order valence-corrected chi connectivity index (χ3v) is 10.4. The molecule has 3 heteroatoms. The molecule has 0 amide bonds. The Kier molecular flexibility index (Phi) is 1.79. The van der Waals surface area contributed by atoms with Crippen molar-refractivity contribution in [1.82, 2.24) is 4.90 Å². The van der Waals surface area contributed by atoms with Gasteiger partial charge in [-0.15, -0.1) is 0 Å². The van der Waals surface area contributed by atoms with Crippen LogP contribution >= 0.6 is 0 Å². The zero-order valence-electron chi connectivity index (χ0n) is 13.9. The Bertz CT molecular complexity index is 677. The van der Waals surface area contributed by atoms with Crippen LogP contribution in [-0.2, 0) is 0 Å². The van der Waals surface area contributed by atoms with Crippen LogP contribution in [0.3, 0.4) is 0 Å². The van der Waals surface area contributed by atoms with E-state index in [1.807, 2.05) is 0 Å². The van der Waals surface area contributed by atoms with Crippen LogP contribution in [0.5, 0.6) is 0 Å². The van der Waals surface area contributed by atoms with Gasteiger partial charge in [0, 0.05) is 29.5 Å². The molecule has 3 aliphatic heterocycles. The minimum atomic E-state index is -0.295. The maximum absolute atomic E-state index is 11.3. The average molecular weight is 313 g/mol. The number of aliphatic hydroxyl groups excluding tert-OH is 2. The molecule has 0 aromatic carbocycles. The van der Waals surface area contributed by atoms with Crippen molar-refractivity contribution in [2.45, 2.75) is 63.3 Å².